The van der Waals surface area contributed by atoms with Crippen LogP contribution in [-0.4, -0.2) is 35.3 Å². The highest BCUT2D eigenvalue weighted by Crippen LogP contribution is 2.19. The molecule has 0 amide bonds. The van der Waals surface area contributed by atoms with Crippen LogP contribution in [0.1, 0.15) is 44.1 Å². The van der Waals surface area contributed by atoms with Gasteiger partial charge in [0.2, 0.25) is 0 Å². The minimum Gasteiger partial charge on any atom is -0.493 e. The number of rotatable bonds is 8. The number of carbonyl (C=O) groups excluding carboxylic acids is 1. The summed E-state index contributed by atoms with van der Waals surface area (Å²) < 4.78 is 6.93. The zero-order valence-corrected chi connectivity index (χ0v) is 11.7. The normalized spacial score (nSPS) is 10.9. The molecule has 0 aliphatic carbocycles. The van der Waals surface area contributed by atoms with E-state index >= 15 is 0 Å². The second-order valence-corrected chi connectivity index (χ2v) is 4.57. The number of ether oxygens (including phenoxy) is 1. The lowest BCUT2D eigenvalue weighted by molar-refractivity contribution is 0.0968. The second-order valence-electron chi connectivity index (χ2n) is 4.57. The van der Waals surface area contributed by atoms with Crippen molar-refractivity contribution in [1.29, 1.82) is 0 Å². The van der Waals surface area contributed by atoms with Crippen LogP contribution in [0.4, 0.5) is 0 Å². The quantitative estimate of drug-likeness (QED) is 0.719. The van der Waals surface area contributed by atoms with Gasteiger partial charge < -0.3 is 10.1 Å². The zero-order valence-electron chi connectivity index (χ0n) is 11.7. The molecule has 0 unspecified atom stereocenters. The average molecular weight is 253 g/mol. The first-order chi connectivity index (χ1) is 8.60. The van der Waals surface area contributed by atoms with Gasteiger partial charge in [0, 0.05) is 25.6 Å². The number of hydrogen-bond acceptors (Lipinski definition) is 4. The van der Waals surface area contributed by atoms with Gasteiger partial charge in [-0.2, -0.15) is 5.10 Å². The molecule has 0 aliphatic rings. The highest BCUT2D eigenvalue weighted by molar-refractivity contribution is 5.97. The van der Waals surface area contributed by atoms with E-state index < -0.39 is 0 Å². The second kappa shape index (κ2) is 7.16. The summed E-state index contributed by atoms with van der Waals surface area (Å²) in [7, 11) is 1.57. The minimum absolute atomic E-state index is 0.0750. The van der Waals surface area contributed by atoms with Crippen molar-refractivity contribution in [2.45, 2.75) is 46.2 Å². The standard InChI is InChI=1S/C13H23N3O2/c1-5-8-16-13(12(18-4)9-15-16)11(17)6-7-14-10(2)3/h9-10,14H,5-8H2,1-4H3. The van der Waals surface area contributed by atoms with Crippen molar-refractivity contribution >= 4 is 5.78 Å². The van der Waals surface area contributed by atoms with E-state index in [-0.39, 0.29) is 5.78 Å². The number of nitrogens with one attached hydrogen (secondary N) is 1. The summed E-state index contributed by atoms with van der Waals surface area (Å²) in [6.45, 7) is 7.60. The van der Waals surface area contributed by atoms with Gasteiger partial charge in [-0.1, -0.05) is 20.8 Å². The number of nitrogens with zero attached hydrogens (tertiary/aromatic N) is 2. The number of aromatic nitrogens is 2. The third kappa shape index (κ3) is 3.84. The molecule has 0 spiro atoms. The van der Waals surface area contributed by atoms with Crippen LogP contribution >= 0.6 is 0 Å². The summed E-state index contributed by atoms with van der Waals surface area (Å²) >= 11 is 0. The Morgan fingerprint density at radius 3 is 2.83 bits per heavy atom. The smallest absolute Gasteiger partial charge is 0.185 e. The Balaban J connectivity index is 2.72. The number of carbonyl (C=O) groups is 1. The molecule has 0 saturated carbocycles. The van der Waals surface area contributed by atoms with Gasteiger partial charge in [0.25, 0.3) is 0 Å². The van der Waals surface area contributed by atoms with Crippen LogP contribution in [0.3, 0.4) is 0 Å². The van der Waals surface area contributed by atoms with Crippen molar-refractivity contribution in [2.24, 2.45) is 0 Å². The monoisotopic (exact) mass is 253 g/mol. The van der Waals surface area contributed by atoms with Crippen molar-refractivity contribution in [3.63, 3.8) is 0 Å². The van der Waals surface area contributed by atoms with Crippen molar-refractivity contribution < 1.29 is 9.53 Å². The summed E-state index contributed by atoms with van der Waals surface area (Å²) in [4.78, 5) is 12.2. The maximum Gasteiger partial charge on any atom is 0.185 e. The molecule has 0 saturated heterocycles. The van der Waals surface area contributed by atoms with Gasteiger partial charge >= 0.3 is 0 Å². The van der Waals surface area contributed by atoms with Crippen LogP contribution in [-0.2, 0) is 6.54 Å². The van der Waals surface area contributed by atoms with E-state index in [9.17, 15) is 4.79 Å². The van der Waals surface area contributed by atoms with Gasteiger partial charge in [-0.3, -0.25) is 9.48 Å². The zero-order chi connectivity index (χ0) is 13.5. The SMILES string of the molecule is CCCn1ncc(OC)c1C(=O)CCNC(C)C. The maximum absolute atomic E-state index is 12.2. The van der Waals surface area contributed by atoms with Crippen LogP contribution in [0.25, 0.3) is 0 Å². The van der Waals surface area contributed by atoms with E-state index in [0.717, 1.165) is 13.0 Å². The molecule has 0 atom stereocenters. The number of aryl methyl sites for hydroxylation is 1. The molecule has 18 heavy (non-hydrogen) atoms. The first-order valence-electron chi connectivity index (χ1n) is 6.46. The van der Waals surface area contributed by atoms with Crippen molar-refractivity contribution in [1.82, 2.24) is 15.1 Å². The fourth-order valence-electron chi connectivity index (χ4n) is 1.77. The van der Waals surface area contributed by atoms with E-state index in [4.69, 9.17) is 4.74 Å². The Morgan fingerprint density at radius 2 is 2.28 bits per heavy atom. The summed E-state index contributed by atoms with van der Waals surface area (Å²) in [5, 5.41) is 7.43. The molecule has 0 radical (unpaired) electrons. The van der Waals surface area contributed by atoms with Crippen LogP contribution in [0, 0.1) is 0 Å². The molecule has 102 valence electrons. The number of Topliss-reactive ketones (excluding diaryl/α,β-unsaturated/α-hetero) is 1. The number of methoxy groups -OCH3 is 1. The van der Waals surface area contributed by atoms with Crippen LogP contribution in [0.5, 0.6) is 5.75 Å². The average Bonchev–Trinajstić information content (AvgIpc) is 2.72. The molecular weight excluding hydrogens is 230 g/mol. The van der Waals surface area contributed by atoms with Crippen LogP contribution < -0.4 is 10.1 Å². The Labute approximate surface area is 109 Å². The Kier molecular flexibility index (Phi) is 5.85. The molecule has 0 fully saturated rings. The molecule has 1 aromatic rings. The first kappa shape index (κ1) is 14.7. The van der Waals surface area contributed by atoms with E-state index in [2.05, 4.69) is 31.2 Å². The van der Waals surface area contributed by atoms with Crippen molar-refractivity contribution in [2.75, 3.05) is 13.7 Å². The first-order valence-corrected chi connectivity index (χ1v) is 6.46. The molecule has 0 aliphatic heterocycles. The number of hydrogen-bond donors (Lipinski definition) is 1. The summed E-state index contributed by atoms with van der Waals surface area (Å²) in [5.41, 5.74) is 0.588. The van der Waals surface area contributed by atoms with Crippen LogP contribution in [0.2, 0.25) is 0 Å². The van der Waals surface area contributed by atoms with E-state index in [0.29, 0.717) is 30.5 Å². The number of ketones is 1. The Hall–Kier alpha value is -1.36. The van der Waals surface area contributed by atoms with E-state index in [1.165, 1.54) is 0 Å². The molecule has 1 rings (SSSR count). The molecule has 0 bridgehead atoms. The van der Waals surface area contributed by atoms with Gasteiger partial charge in [0.1, 0.15) is 5.69 Å². The van der Waals surface area contributed by atoms with Crippen molar-refractivity contribution in [3.8, 4) is 5.75 Å². The predicted molar refractivity (Wildman–Crippen MR) is 71.2 cm³/mol. The lowest BCUT2D eigenvalue weighted by Crippen LogP contribution is -2.26. The lowest BCUT2D eigenvalue weighted by atomic mass is 10.2. The third-order valence-electron chi connectivity index (χ3n) is 2.63. The largest absolute Gasteiger partial charge is 0.493 e. The van der Waals surface area contributed by atoms with Gasteiger partial charge in [-0.15, -0.1) is 0 Å². The Morgan fingerprint density at radius 1 is 1.56 bits per heavy atom. The van der Waals surface area contributed by atoms with Gasteiger partial charge in [-0.25, -0.2) is 0 Å². The third-order valence-corrected chi connectivity index (χ3v) is 2.63. The van der Waals surface area contributed by atoms with Crippen molar-refractivity contribution in [3.05, 3.63) is 11.9 Å². The molecule has 1 heterocycles. The summed E-state index contributed by atoms with van der Waals surface area (Å²) in [5.74, 6) is 0.643. The van der Waals surface area contributed by atoms with Gasteiger partial charge in [-0.05, 0) is 6.42 Å². The lowest BCUT2D eigenvalue weighted by Gasteiger charge is -2.09. The fourth-order valence-corrected chi connectivity index (χ4v) is 1.77. The summed E-state index contributed by atoms with van der Waals surface area (Å²) in [6, 6.07) is 0.389. The molecule has 5 heteroatoms. The topological polar surface area (TPSA) is 56.2 Å². The molecule has 0 aromatic carbocycles. The molecular formula is C13H23N3O2. The van der Waals surface area contributed by atoms with Gasteiger partial charge in [0.15, 0.2) is 11.5 Å². The molecule has 1 aromatic heterocycles. The Bertz CT molecular complexity index is 386. The highest BCUT2D eigenvalue weighted by Gasteiger charge is 2.18. The van der Waals surface area contributed by atoms with E-state index in [1.807, 2.05) is 0 Å². The molecule has 5 nitrogen and oxygen atoms in total. The maximum atomic E-state index is 12.2. The fraction of sp³-hybridized carbons (Fsp3) is 0.692. The van der Waals surface area contributed by atoms with Gasteiger partial charge in [0.05, 0.1) is 13.3 Å². The molecule has 1 N–H and O–H groups in total. The predicted octanol–water partition coefficient (Wildman–Crippen LogP) is 1.87. The minimum atomic E-state index is 0.0750. The highest BCUT2D eigenvalue weighted by atomic mass is 16.5. The summed E-state index contributed by atoms with van der Waals surface area (Å²) in [6.07, 6.45) is 3.01. The van der Waals surface area contributed by atoms with E-state index in [1.54, 1.807) is 18.0 Å². The van der Waals surface area contributed by atoms with Crippen LogP contribution in [0.15, 0.2) is 6.20 Å².